The summed E-state index contributed by atoms with van der Waals surface area (Å²) in [6, 6.07) is 16.1. The van der Waals surface area contributed by atoms with Crippen LogP contribution < -0.4 is 0 Å². The summed E-state index contributed by atoms with van der Waals surface area (Å²) in [6.07, 6.45) is 7.88. The molecule has 0 unspecified atom stereocenters. The third kappa shape index (κ3) is 3.92. The molecule has 0 saturated heterocycles. The van der Waals surface area contributed by atoms with E-state index in [1.54, 1.807) is 6.20 Å². The van der Waals surface area contributed by atoms with Crippen LogP contribution >= 0.6 is 0 Å². The van der Waals surface area contributed by atoms with Crippen LogP contribution in [0.1, 0.15) is 52.9 Å². The van der Waals surface area contributed by atoms with Crippen molar-refractivity contribution in [1.82, 2.24) is 9.55 Å². The Labute approximate surface area is 176 Å². The monoisotopic (exact) mass is 399 g/mol. The molecule has 0 atom stereocenters. The number of aromatic nitrogens is 2. The zero-order valence-electron chi connectivity index (χ0n) is 17.1. The molecule has 0 bridgehead atoms. The minimum absolute atomic E-state index is 0.0349. The smallest absolute Gasteiger partial charge is 0.168 e. The van der Waals surface area contributed by atoms with Gasteiger partial charge >= 0.3 is 0 Å². The summed E-state index contributed by atoms with van der Waals surface area (Å²) in [7, 11) is 0. The van der Waals surface area contributed by atoms with E-state index in [1.165, 1.54) is 0 Å². The number of pyridine rings is 1. The highest BCUT2D eigenvalue weighted by Crippen LogP contribution is 2.38. The predicted octanol–water partition coefficient (Wildman–Crippen LogP) is 4.30. The van der Waals surface area contributed by atoms with E-state index in [4.69, 9.17) is 0 Å². The van der Waals surface area contributed by atoms with Crippen molar-refractivity contribution < 1.29 is 9.90 Å². The number of carbonyl (C=O) groups is 1. The second-order valence-corrected chi connectivity index (χ2v) is 8.17. The maximum atomic E-state index is 12.8. The summed E-state index contributed by atoms with van der Waals surface area (Å²) >= 11 is 0. The maximum Gasteiger partial charge on any atom is 0.168 e. The molecule has 2 heterocycles. The summed E-state index contributed by atoms with van der Waals surface area (Å²) < 4.78 is 1.97. The van der Waals surface area contributed by atoms with Crippen LogP contribution in [0.25, 0.3) is 5.69 Å². The number of Topliss-reactive ketones (excluding diaryl/α,β-unsaturated/α-hetero) is 1. The van der Waals surface area contributed by atoms with E-state index in [1.807, 2.05) is 66.3 Å². The van der Waals surface area contributed by atoms with E-state index in [-0.39, 0.29) is 18.3 Å². The molecule has 5 heteroatoms. The number of benzene rings is 1. The quantitative estimate of drug-likeness (QED) is 0.649. The molecule has 1 aliphatic rings. The fourth-order valence-electron chi connectivity index (χ4n) is 4.18. The van der Waals surface area contributed by atoms with Crippen LogP contribution in [0.3, 0.4) is 0 Å². The molecule has 1 aliphatic carbocycles. The zero-order chi connectivity index (χ0) is 21.1. The number of carbonyl (C=O) groups excluding carboxylic acids is 1. The standard InChI is InChI=1S/C25H25N3O2/c1-18-4-2-3-5-22(18)28-13-10-20(16-28)23(30)14-19-6-7-24(27-15-19)25(17-26)11-8-21(29)9-12-25/h2-7,10,13,15-16,21,29H,8-9,11-12,14H2,1H3. The molecule has 2 aromatic heterocycles. The van der Waals surface area contributed by atoms with Gasteiger partial charge in [-0.2, -0.15) is 5.26 Å². The Balaban J connectivity index is 1.47. The van der Waals surface area contributed by atoms with Gasteiger partial charge in [0.15, 0.2) is 5.78 Å². The number of nitrogens with zero attached hydrogens (tertiary/aromatic N) is 3. The minimum atomic E-state index is -0.632. The summed E-state index contributed by atoms with van der Waals surface area (Å²) in [5, 5.41) is 19.5. The van der Waals surface area contributed by atoms with E-state index in [0.717, 1.165) is 22.5 Å². The molecule has 0 spiro atoms. The van der Waals surface area contributed by atoms with Crippen molar-refractivity contribution >= 4 is 5.78 Å². The van der Waals surface area contributed by atoms with E-state index in [2.05, 4.69) is 11.1 Å². The number of para-hydroxylation sites is 1. The van der Waals surface area contributed by atoms with Crippen LogP contribution in [0, 0.1) is 18.3 Å². The van der Waals surface area contributed by atoms with Gasteiger partial charge in [0, 0.05) is 36.3 Å². The average Bonchev–Trinajstić information content (AvgIpc) is 3.26. The van der Waals surface area contributed by atoms with Gasteiger partial charge in [-0.3, -0.25) is 9.78 Å². The topological polar surface area (TPSA) is 78.9 Å². The lowest BCUT2D eigenvalue weighted by Gasteiger charge is -2.32. The van der Waals surface area contributed by atoms with Gasteiger partial charge in [0.2, 0.25) is 0 Å². The maximum absolute atomic E-state index is 12.8. The lowest BCUT2D eigenvalue weighted by atomic mass is 9.72. The molecular formula is C25H25N3O2. The number of rotatable bonds is 5. The summed E-state index contributed by atoms with van der Waals surface area (Å²) in [6.45, 7) is 2.05. The second kappa shape index (κ2) is 8.25. The molecule has 30 heavy (non-hydrogen) atoms. The number of aryl methyl sites for hydroxylation is 1. The molecule has 1 fully saturated rings. The molecular weight excluding hydrogens is 374 g/mol. The van der Waals surface area contributed by atoms with Crippen LogP contribution in [0.2, 0.25) is 0 Å². The minimum Gasteiger partial charge on any atom is -0.393 e. The van der Waals surface area contributed by atoms with Gasteiger partial charge in [-0.15, -0.1) is 0 Å². The number of nitriles is 1. The van der Waals surface area contributed by atoms with E-state index >= 15 is 0 Å². The van der Waals surface area contributed by atoms with Crippen molar-refractivity contribution in [2.24, 2.45) is 0 Å². The first-order valence-electron chi connectivity index (χ1n) is 10.3. The van der Waals surface area contributed by atoms with Gasteiger partial charge in [0.05, 0.1) is 23.3 Å². The van der Waals surface area contributed by atoms with Crippen molar-refractivity contribution in [3.63, 3.8) is 0 Å². The molecule has 4 rings (SSSR count). The van der Waals surface area contributed by atoms with Gasteiger partial charge in [-0.05, 0) is 61.9 Å². The number of ketones is 1. The molecule has 152 valence electrons. The van der Waals surface area contributed by atoms with Gasteiger partial charge < -0.3 is 9.67 Å². The fraction of sp³-hybridized carbons (Fsp3) is 0.320. The Bertz CT molecular complexity index is 1080. The normalized spacial score (nSPS) is 21.2. The Morgan fingerprint density at radius 3 is 2.67 bits per heavy atom. The van der Waals surface area contributed by atoms with Crippen LogP contribution in [0.4, 0.5) is 0 Å². The lowest BCUT2D eigenvalue weighted by molar-refractivity contribution is 0.0992. The van der Waals surface area contributed by atoms with Gasteiger partial charge in [-0.1, -0.05) is 24.3 Å². The van der Waals surface area contributed by atoms with Crippen molar-refractivity contribution in [1.29, 1.82) is 5.26 Å². The first-order chi connectivity index (χ1) is 14.5. The van der Waals surface area contributed by atoms with Gasteiger partial charge in [0.1, 0.15) is 0 Å². The lowest BCUT2D eigenvalue weighted by Crippen LogP contribution is -2.33. The highest BCUT2D eigenvalue weighted by molar-refractivity contribution is 5.97. The number of aliphatic hydroxyl groups excluding tert-OH is 1. The predicted molar refractivity (Wildman–Crippen MR) is 115 cm³/mol. The molecule has 1 aromatic carbocycles. The fourth-order valence-corrected chi connectivity index (χ4v) is 4.18. The number of hydrogen-bond donors (Lipinski definition) is 1. The van der Waals surface area contributed by atoms with Crippen LogP contribution in [0.15, 0.2) is 61.1 Å². The first-order valence-corrected chi connectivity index (χ1v) is 10.3. The molecule has 1 N–H and O–H groups in total. The average molecular weight is 399 g/mol. The highest BCUT2D eigenvalue weighted by atomic mass is 16.3. The molecule has 0 amide bonds. The summed E-state index contributed by atoms with van der Waals surface area (Å²) in [5.41, 5.74) is 3.80. The first kappa shape index (κ1) is 20.1. The van der Waals surface area contributed by atoms with Crippen molar-refractivity contribution in [2.75, 3.05) is 0 Å². The Hall–Kier alpha value is -3.23. The van der Waals surface area contributed by atoms with Crippen molar-refractivity contribution in [3.8, 4) is 11.8 Å². The van der Waals surface area contributed by atoms with Crippen LogP contribution in [0.5, 0.6) is 0 Å². The molecule has 3 aromatic rings. The van der Waals surface area contributed by atoms with Crippen molar-refractivity contribution in [2.45, 2.75) is 50.5 Å². The molecule has 1 saturated carbocycles. The third-order valence-corrected chi connectivity index (χ3v) is 6.11. The highest BCUT2D eigenvalue weighted by Gasteiger charge is 2.37. The van der Waals surface area contributed by atoms with Crippen LogP contribution in [-0.2, 0) is 11.8 Å². The Morgan fingerprint density at radius 1 is 1.23 bits per heavy atom. The van der Waals surface area contributed by atoms with Crippen LogP contribution in [-0.4, -0.2) is 26.5 Å². The third-order valence-electron chi connectivity index (χ3n) is 6.11. The van der Waals surface area contributed by atoms with Gasteiger partial charge in [-0.25, -0.2) is 0 Å². The second-order valence-electron chi connectivity index (χ2n) is 8.17. The van der Waals surface area contributed by atoms with E-state index < -0.39 is 5.41 Å². The van der Waals surface area contributed by atoms with Gasteiger partial charge in [0.25, 0.3) is 0 Å². The number of aliphatic hydroxyl groups is 1. The molecule has 0 radical (unpaired) electrons. The summed E-state index contributed by atoms with van der Waals surface area (Å²) in [4.78, 5) is 17.3. The summed E-state index contributed by atoms with van der Waals surface area (Å²) in [5.74, 6) is 0.0349. The SMILES string of the molecule is Cc1ccccc1-n1ccc(C(=O)Cc2ccc(C3(C#N)CCC(O)CC3)nc2)c1. The molecule has 0 aliphatic heterocycles. The van der Waals surface area contributed by atoms with E-state index in [0.29, 0.717) is 31.2 Å². The zero-order valence-corrected chi connectivity index (χ0v) is 17.1. The Kier molecular flexibility index (Phi) is 5.52. The van der Waals surface area contributed by atoms with E-state index in [9.17, 15) is 15.2 Å². The molecule has 5 nitrogen and oxygen atoms in total. The van der Waals surface area contributed by atoms with Crippen molar-refractivity contribution in [3.05, 3.63) is 83.4 Å². The largest absolute Gasteiger partial charge is 0.393 e. The number of hydrogen-bond acceptors (Lipinski definition) is 4. The Morgan fingerprint density at radius 2 is 2.00 bits per heavy atom.